The molecule has 0 fully saturated rings. The summed E-state index contributed by atoms with van der Waals surface area (Å²) in [5.74, 6) is -2.10. The summed E-state index contributed by atoms with van der Waals surface area (Å²) in [5.41, 5.74) is 0.439. The third kappa shape index (κ3) is 6.16. The number of carbonyl (C=O) groups is 3. The van der Waals surface area contributed by atoms with Crippen LogP contribution in [-0.2, 0) is 24.4 Å². The normalized spacial score (nSPS) is 12.3. The van der Waals surface area contributed by atoms with Gasteiger partial charge in [0.25, 0.3) is 0 Å². The highest BCUT2D eigenvalue weighted by Gasteiger charge is 2.26. The number of hydrogen-bond donors (Lipinski definition) is 3. The van der Waals surface area contributed by atoms with Gasteiger partial charge in [0, 0.05) is 19.2 Å². The van der Waals surface area contributed by atoms with Crippen LogP contribution in [-0.4, -0.2) is 55.3 Å². The van der Waals surface area contributed by atoms with Crippen molar-refractivity contribution in [3.63, 3.8) is 0 Å². The highest BCUT2D eigenvalue weighted by Crippen LogP contribution is 2.14. The number of sulfonamides is 1. The van der Waals surface area contributed by atoms with Crippen LogP contribution in [0.15, 0.2) is 29.2 Å². The summed E-state index contributed by atoms with van der Waals surface area (Å²) in [7, 11) is -3.98. The van der Waals surface area contributed by atoms with Gasteiger partial charge in [-0.05, 0) is 38.1 Å². The van der Waals surface area contributed by atoms with Gasteiger partial charge in [0.15, 0.2) is 0 Å². The van der Waals surface area contributed by atoms with Gasteiger partial charge < -0.3 is 15.3 Å². The van der Waals surface area contributed by atoms with Crippen LogP contribution in [0.25, 0.3) is 0 Å². The molecular formula is C15H21N3O6S. The van der Waals surface area contributed by atoms with E-state index in [1.165, 1.54) is 38.1 Å². The van der Waals surface area contributed by atoms with Crippen LogP contribution >= 0.6 is 0 Å². The number of carbonyl (C=O) groups excluding carboxylic acids is 2. The Morgan fingerprint density at radius 2 is 1.76 bits per heavy atom. The molecule has 1 aromatic rings. The number of carboxylic acid groups (broad SMARTS) is 1. The quantitative estimate of drug-likeness (QED) is 0.600. The number of rotatable bonds is 8. The van der Waals surface area contributed by atoms with Crippen LogP contribution in [0.3, 0.4) is 0 Å². The maximum atomic E-state index is 12.3. The molecule has 10 heteroatoms. The summed E-state index contributed by atoms with van der Waals surface area (Å²) in [6.45, 7) is 3.91. The molecule has 9 nitrogen and oxygen atoms in total. The predicted octanol–water partition coefficient (Wildman–Crippen LogP) is 0.245. The second-order valence-electron chi connectivity index (χ2n) is 5.29. The third-order valence-corrected chi connectivity index (χ3v) is 4.76. The first-order valence-corrected chi connectivity index (χ1v) is 8.95. The highest BCUT2D eigenvalue weighted by atomic mass is 32.2. The van der Waals surface area contributed by atoms with E-state index < -0.39 is 34.5 Å². The number of nitrogens with zero attached hydrogens (tertiary/aromatic N) is 1. The molecule has 0 aromatic heterocycles. The zero-order valence-corrected chi connectivity index (χ0v) is 15.0. The van der Waals surface area contributed by atoms with Gasteiger partial charge in [-0.25, -0.2) is 8.42 Å². The number of nitrogens with one attached hydrogen (secondary N) is 2. The van der Waals surface area contributed by atoms with Crippen LogP contribution in [0.5, 0.6) is 0 Å². The summed E-state index contributed by atoms with van der Waals surface area (Å²) < 4.78 is 26.9. The van der Waals surface area contributed by atoms with Crippen LogP contribution in [0.4, 0.5) is 5.69 Å². The fraction of sp³-hybridized carbons (Fsp3) is 0.400. The second-order valence-corrected chi connectivity index (χ2v) is 7.01. The first kappa shape index (κ1) is 20.6. The molecule has 1 atom stereocenters. The van der Waals surface area contributed by atoms with E-state index in [9.17, 15) is 22.8 Å². The van der Waals surface area contributed by atoms with E-state index >= 15 is 0 Å². The standard InChI is InChI=1S/C15H21N3O6S/c1-4-18(9-14(20)21)15(22)10(2)17-25(23,24)13-7-5-12(6-8-13)16-11(3)19/h5-8,10,17H,4,9H2,1-3H3,(H,16,19)(H,20,21). The molecule has 0 aliphatic heterocycles. The first-order valence-electron chi connectivity index (χ1n) is 7.47. The smallest absolute Gasteiger partial charge is 0.323 e. The number of amides is 2. The molecule has 0 aliphatic carbocycles. The Bertz CT molecular complexity index is 745. The van der Waals surface area contributed by atoms with Gasteiger partial charge in [0.1, 0.15) is 6.54 Å². The van der Waals surface area contributed by atoms with Crippen molar-refractivity contribution < 1.29 is 27.9 Å². The Hall–Kier alpha value is -2.46. The molecule has 0 saturated carbocycles. The lowest BCUT2D eigenvalue weighted by atomic mass is 10.3. The molecule has 1 rings (SSSR count). The molecule has 3 N–H and O–H groups in total. The lowest BCUT2D eigenvalue weighted by Crippen LogP contribution is -2.48. The zero-order chi connectivity index (χ0) is 19.2. The highest BCUT2D eigenvalue weighted by molar-refractivity contribution is 7.89. The second kappa shape index (κ2) is 8.58. The molecule has 0 spiro atoms. The molecule has 0 heterocycles. The van der Waals surface area contributed by atoms with Crippen molar-refractivity contribution in [3.8, 4) is 0 Å². The summed E-state index contributed by atoms with van der Waals surface area (Å²) in [5, 5.41) is 11.3. The first-order chi connectivity index (χ1) is 11.6. The number of aliphatic carboxylic acids is 1. The summed E-state index contributed by atoms with van der Waals surface area (Å²) in [4.78, 5) is 34.8. The van der Waals surface area contributed by atoms with Crippen molar-refractivity contribution in [3.05, 3.63) is 24.3 Å². The number of carboxylic acids is 1. The fourth-order valence-corrected chi connectivity index (χ4v) is 3.25. The molecular weight excluding hydrogens is 350 g/mol. The molecule has 0 saturated heterocycles. The lowest BCUT2D eigenvalue weighted by Gasteiger charge is -2.23. The molecule has 0 bridgehead atoms. The number of likely N-dealkylation sites (N-methyl/N-ethyl adjacent to an activating group) is 1. The average Bonchev–Trinajstić information content (AvgIpc) is 2.51. The molecule has 138 valence electrons. The van der Waals surface area contributed by atoms with Crippen LogP contribution in [0, 0.1) is 0 Å². The lowest BCUT2D eigenvalue weighted by molar-refractivity contribution is -0.144. The van der Waals surface area contributed by atoms with Crippen molar-refractivity contribution in [2.45, 2.75) is 31.7 Å². The summed E-state index contributed by atoms with van der Waals surface area (Å²) in [6.07, 6.45) is 0. The Labute approximate surface area is 146 Å². The number of hydrogen-bond acceptors (Lipinski definition) is 5. The number of benzene rings is 1. The van der Waals surface area contributed by atoms with Crippen molar-refractivity contribution >= 4 is 33.5 Å². The molecule has 25 heavy (non-hydrogen) atoms. The molecule has 1 unspecified atom stereocenters. The minimum absolute atomic E-state index is 0.0810. The van der Waals surface area contributed by atoms with E-state index in [0.717, 1.165) is 4.90 Å². The topological polar surface area (TPSA) is 133 Å². The van der Waals surface area contributed by atoms with Crippen LogP contribution in [0.2, 0.25) is 0 Å². The van der Waals surface area contributed by atoms with Crippen molar-refractivity contribution in [2.75, 3.05) is 18.4 Å². The van der Waals surface area contributed by atoms with Crippen molar-refractivity contribution in [1.29, 1.82) is 0 Å². The van der Waals surface area contributed by atoms with E-state index in [0.29, 0.717) is 5.69 Å². The van der Waals surface area contributed by atoms with Crippen molar-refractivity contribution in [1.82, 2.24) is 9.62 Å². The van der Waals surface area contributed by atoms with Gasteiger partial charge in [-0.1, -0.05) is 0 Å². The third-order valence-electron chi connectivity index (χ3n) is 3.21. The van der Waals surface area contributed by atoms with Crippen molar-refractivity contribution in [2.24, 2.45) is 0 Å². The number of anilines is 1. The minimum atomic E-state index is -3.98. The molecule has 0 aliphatic rings. The SMILES string of the molecule is CCN(CC(=O)O)C(=O)C(C)NS(=O)(=O)c1ccc(NC(C)=O)cc1. The Morgan fingerprint density at radius 3 is 2.20 bits per heavy atom. The maximum Gasteiger partial charge on any atom is 0.323 e. The molecule has 2 amide bonds. The molecule has 0 radical (unpaired) electrons. The maximum absolute atomic E-state index is 12.3. The summed E-state index contributed by atoms with van der Waals surface area (Å²) >= 11 is 0. The van der Waals surface area contributed by atoms with Gasteiger partial charge >= 0.3 is 5.97 Å². The Morgan fingerprint density at radius 1 is 1.20 bits per heavy atom. The van der Waals surface area contributed by atoms with Crippen LogP contribution in [0.1, 0.15) is 20.8 Å². The predicted molar refractivity (Wildman–Crippen MR) is 90.4 cm³/mol. The largest absolute Gasteiger partial charge is 0.480 e. The fourth-order valence-electron chi connectivity index (χ4n) is 2.05. The van der Waals surface area contributed by atoms with E-state index in [4.69, 9.17) is 5.11 Å². The van der Waals surface area contributed by atoms with Gasteiger partial charge in [0.2, 0.25) is 21.8 Å². The van der Waals surface area contributed by atoms with Gasteiger partial charge in [0.05, 0.1) is 10.9 Å². The van der Waals surface area contributed by atoms with Crippen LogP contribution < -0.4 is 10.0 Å². The van der Waals surface area contributed by atoms with Gasteiger partial charge in [-0.3, -0.25) is 14.4 Å². The average molecular weight is 371 g/mol. The van der Waals surface area contributed by atoms with Gasteiger partial charge in [-0.2, -0.15) is 4.72 Å². The molecule has 1 aromatic carbocycles. The minimum Gasteiger partial charge on any atom is -0.480 e. The Kier molecular flexibility index (Phi) is 7.07. The monoisotopic (exact) mass is 371 g/mol. The summed E-state index contributed by atoms with van der Waals surface area (Å²) in [6, 6.07) is 4.30. The van der Waals surface area contributed by atoms with E-state index in [1.807, 2.05) is 0 Å². The Balaban J connectivity index is 2.87. The van der Waals surface area contributed by atoms with E-state index in [2.05, 4.69) is 10.0 Å². The van der Waals surface area contributed by atoms with Gasteiger partial charge in [-0.15, -0.1) is 0 Å². The van der Waals surface area contributed by atoms with E-state index in [-0.39, 0.29) is 17.3 Å². The zero-order valence-electron chi connectivity index (χ0n) is 14.1. The van der Waals surface area contributed by atoms with E-state index in [1.54, 1.807) is 6.92 Å².